The zero-order chi connectivity index (χ0) is 13.4. The van der Waals surface area contributed by atoms with Gasteiger partial charge in [0.15, 0.2) is 5.82 Å². The summed E-state index contributed by atoms with van der Waals surface area (Å²) in [6.45, 7) is 0. The van der Waals surface area contributed by atoms with Gasteiger partial charge in [0.2, 0.25) is 0 Å². The van der Waals surface area contributed by atoms with Crippen molar-refractivity contribution in [3.05, 3.63) is 29.8 Å². The van der Waals surface area contributed by atoms with Gasteiger partial charge in [-0.1, -0.05) is 0 Å². The third-order valence-electron chi connectivity index (χ3n) is 4.32. The number of pyridine rings is 1. The Hall–Kier alpha value is -0.910. The van der Waals surface area contributed by atoms with Crippen molar-refractivity contribution in [3.63, 3.8) is 0 Å². The fraction of sp³-hybridized carbons (Fsp3) is 0.571. The van der Waals surface area contributed by atoms with Crippen LogP contribution in [-0.2, 0) is 0 Å². The molecule has 21 heavy (non-hydrogen) atoms. The fourth-order valence-electron chi connectivity index (χ4n) is 3.25. The summed E-state index contributed by atoms with van der Waals surface area (Å²) in [5.74, 6) is -0.789. The van der Waals surface area contributed by atoms with E-state index in [-0.39, 0.29) is 42.3 Å². The van der Waals surface area contributed by atoms with E-state index in [1.54, 1.807) is 11.9 Å². The highest BCUT2D eigenvalue weighted by Gasteiger charge is 2.36. The topological polar surface area (TPSA) is 45.2 Å². The van der Waals surface area contributed by atoms with Crippen molar-refractivity contribution in [2.45, 2.75) is 43.8 Å². The van der Waals surface area contributed by atoms with E-state index in [1.807, 2.05) is 0 Å². The summed E-state index contributed by atoms with van der Waals surface area (Å²) in [5.41, 5.74) is 0.114. The van der Waals surface area contributed by atoms with Crippen LogP contribution >= 0.6 is 24.8 Å². The van der Waals surface area contributed by atoms with E-state index in [4.69, 9.17) is 0 Å². The van der Waals surface area contributed by atoms with Gasteiger partial charge in [0, 0.05) is 31.4 Å². The van der Waals surface area contributed by atoms with Crippen LogP contribution in [0.5, 0.6) is 0 Å². The molecule has 2 unspecified atom stereocenters. The number of carbonyl (C=O) groups is 1. The van der Waals surface area contributed by atoms with Gasteiger partial charge >= 0.3 is 0 Å². The van der Waals surface area contributed by atoms with Gasteiger partial charge in [-0.3, -0.25) is 9.78 Å². The quantitative estimate of drug-likeness (QED) is 0.902. The van der Waals surface area contributed by atoms with Crippen molar-refractivity contribution in [3.8, 4) is 0 Å². The molecule has 0 aromatic carbocycles. The number of rotatable bonds is 2. The number of nitrogens with zero attached hydrogens (tertiary/aromatic N) is 2. The number of hydrogen-bond acceptors (Lipinski definition) is 3. The molecule has 1 aromatic heterocycles. The highest BCUT2D eigenvalue weighted by Crippen LogP contribution is 2.29. The van der Waals surface area contributed by atoms with Crippen molar-refractivity contribution >= 4 is 30.7 Å². The summed E-state index contributed by atoms with van der Waals surface area (Å²) in [5, 5.41) is 3.54. The molecule has 1 N–H and O–H groups in total. The maximum Gasteiger partial charge on any atom is 0.256 e. The van der Waals surface area contributed by atoms with E-state index in [0.717, 1.165) is 19.0 Å². The number of piperidine rings is 1. The Labute approximate surface area is 136 Å². The first-order valence-electron chi connectivity index (χ1n) is 6.78. The first-order chi connectivity index (χ1) is 9.15. The number of halogens is 3. The normalized spacial score (nSPS) is 26.5. The van der Waals surface area contributed by atoms with Crippen LogP contribution in [0.3, 0.4) is 0 Å². The fourth-order valence-corrected chi connectivity index (χ4v) is 3.25. The van der Waals surface area contributed by atoms with Crippen LogP contribution in [-0.4, -0.2) is 41.0 Å². The van der Waals surface area contributed by atoms with Crippen LogP contribution in [0.4, 0.5) is 4.39 Å². The molecule has 2 saturated heterocycles. The van der Waals surface area contributed by atoms with Crippen LogP contribution in [0.25, 0.3) is 0 Å². The van der Waals surface area contributed by atoms with Crippen molar-refractivity contribution in [1.29, 1.82) is 0 Å². The summed E-state index contributed by atoms with van der Waals surface area (Å²) in [6.07, 6.45) is 6.85. The number of fused-ring (bicyclic) bond motifs is 2. The zero-order valence-corrected chi connectivity index (χ0v) is 13.4. The van der Waals surface area contributed by atoms with Crippen molar-refractivity contribution < 1.29 is 9.18 Å². The maximum absolute atomic E-state index is 13.6. The molecule has 0 aliphatic carbocycles. The lowest BCUT2D eigenvalue weighted by Crippen LogP contribution is -2.48. The van der Waals surface area contributed by atoms with Crippen LogP contribution in [0.1, 0.15) is 36.0 Å². The SMILES string of the molecule is CN(C(=O)c1ccncc1F)C1CC2CCC(C1)N2.Cl.Cl. The first-order valence-corrected chi connectivity index (χ1v) is 6.78. The standard InChI is InChI=1S/C14H18FN3O.2ClH/c1-18(11-6-9-2-3-10(7-11)17-9)14(19)12-4-5-16-8-13(12)15;;/h4-5,8-11,17H,2-3,6-7H2,1H3;2*1H. The average Bonchev–Trinajstić information content (AvgIpc) is 2.76. The molecule has 2 aliphatic rings. The molecule has 2 bridgehead atoms. The van der Waals surface area contributed by atoms with Gasteiger partial charge in [-0.2, -0.15) is 0 Å². The Balaban J connectivity index is 0.00000110. The smallest absolute Gasteiger partial charge is 0.256 e. The molecule has 0 spiro atoms. The predicted octanol–water partition coefficient (Wildman–Crippen LogP) is 2.42. The Morgan fingerprint density at radius 2 is 1.95 bits per heavy atom. The molecule has 4 nitrogen and oxygen atoms in total. The average molecular weight is 336 g/mol. The van der Waals surface area contributed by atoms with Gasteiger partial charge in [-0.05, 0) is 31.7 Å². The summed E-state index contributed by atoms with van der Waals surface area (Å²) in [4.78, 5) is 17.7. The molecule has 0 saturated carbocycles. The van der Waals surface area contributed by atoms with Gasteiger partial charge in [0.1, 0.15) is 0 Å². The van der Waals surface area contributed by atoms with Gasteiger partial charge in [0.05, 0.1) is 11.8 Å². The van der Waals surface area contributed by atoms with Gasteiger partial charge in [-0.15, -0.1) is 24.8 Å². The molecular weight excluding hydrogens is 316 g/mol. The minimum atomic E-state index is -0.545. The Bertz CT molecular complexity index is 491. The van der Waals surface area contributed by atoms with Gasteiger partial charge < -0.3 is 10.2 Å². The second-order valence-corrected chi connectivity index (χ2v) is 5.53. The van der Waals surface area contributed by atoms with E-state index in [9.17, 15) is 9.18 Å². The van der Waals surface area contributed by atoms with Crippen LogP contribution in [0, 0.1) is 5.82 Å². The summed E-state index contributed by atoms with van der Waals surface area (Å²) in [7, 11) is 1.78. The summed E-state index contributed by atoms with van der Waals surface area (Å²) in [6, 6.07) is 2.69. The monoisotopic (exact) mass is 335 g/mol. The minimum absolute atomic E-state index is 0. The summed E-state index contributed by atoms with van der Waals surface area (Å²) >= 11 is 0. The van der Waals surface area contributed by atoms with Crippen LogP contribution in [0.2, 0.25) is 0 Å². The van der Waals surface area contributed by atoms with Crippen molar-refractivity contribution in [2.24, 2.45) is 0 Å². The van der Waals surface area contributed by atoms with Crippen molar-refractivity contribution in [2.75, 3.05) is 7.05 Å². The predicted molar refractivity (Wildman–Crippen MR) is 83.8 cm³/mol. The van der Waals surface area contributed by atoms with E-state index in [1.165, 1.54) is 25.1 Å². The number of carbonyl (C=O) groups excluding carboxylic acids is 1. The summed E-state index contributed by atoms with van der Waals surface area (Å²) < 4.78 is 13.6. The highest BCUT2D eigenvalue weighted by molar-refractivity contribution is 5.94. The minimum Gasteiger partial charge on any atom is -0.339 e. The molecule has 2 atom stereocenters. The van der Waals surface area contributed by atoms with E-state index < -0.39 is 5.82 Å². The second kappa shape index (κ2) is 7.38. The van der Waals surface area contributed by atoms with Crippen LogP contribution < -0.4 is 5.32 Å². The van der Waals surface area contributed by atoms with E-state index in [2.05, 4.69) is 10.3 Å². The third kappa shape index (κ3) is 3.65. The Kier molecular flexibility index (Phi) is 6.38. The molecule has 3 heterocycles. The lowest BCUT2D eigenvalue weighted by atomic mass is 9.98. The largest absolute Gasteiger partial charge is 0.339 e. The molecular formula is C14H20Cl2FN3O. The van der Waals surface area contributed by atoms with Gasteiger partial charge in [0.25, 0.3) is 5.91 Å². The number of nitrogens with one attached hydrogen (secondary N) is 1. The molecule has 0 radical (unpaired) electrons. The van der Waals surface area contributed by atoms with Crippen LogP contribution in [0.15, 0.2) is 18.5 Å². The lowest BCUT2D eigenvalue weighted by Gasteiger charge is -2.35. The second-order valence-electron chi connectivity index (χ2n) is 5.53. The number of aromatic nitrogens is 1. The molecule has 1 aromatic rings. The number of hydrogen-bond donors (Lipinski definition) is 1. The molecule has 118 valence electrons. The molecule has 2 fully saturated rings. The molecule has 7 heteroatoms. The van der Waals surface area contributed by atoms with Gasteiger partial charge in [-0.25, -0.2) is 4.39 Å². The van der Waals surface area contributed by atoms with Crippen molar-refractivity contribution in [1.82, 2.24) is 15.2 Å². The van der Waals surface area contributed by atoms with E-state index >= 15 is 0 Å². The molecule has 2 aliphatic heterocycles. The highest BCUT2D eigenvalue weighted by atomic mass is 35.5. The molecule has 3 rings (SSSR count). The maximum atomic E-state index is 13.6. The zero-order valence-electron chi connectivity index (χ0n) is 11.8. The number of amides is 1. The Morgan fingerprint density at radius 3 is 2.52 bits per heavy atom. The Morgan fingerprint density at radius 1 is 1.33 bits per heavy atom. The van der Waals surface area contributed by atoms with E-state index in [0.29, 0.717) is 12.1 Å². The lowest BCUT2D eigenvalue weighted by molar-refractivity contribution is 0.0677. The molecule has 1 amide bonds. The third-order valence-corrected chi connectivity index (χ3v) is 4.32. The first kappa shape index (κ1) is 18.1.